The molecule has 31 heavy (non-hydrogen) atoms. The zero-order valence-electron chi connectivity index (χ0n) is 21.8. The van der Waals surface area contributed by atoms with Crippen molar-refractivity contribution in [3.63, 3.8) is 0 Å². The number of hydrogen-bond acceptors (Lipinski definition) is 4. The third kappa shape index (κ3) is 58.7. The number of nitrogens with one attached hydrogen (secondary N) is 2. The van der Waals surface area contributed by atoms with E-state index in [1.54, 1.807) is 9.80 Å². The fourth-order valence-corrected chi connectivity index (χ4v) is 3.22. The minimum atomic E-state index is -5.17. The van der Waals surface area contributed by atoms with Gasteiger partial charge < -0.3 is 18.9 Å². The summed E-state index contributed by atoms with van der Waals surface area (Å²) in [6.45, 7) is 7.24. The maximum absolute atomic E-state index is 8.52. The maximum Gasteiger partial charge on any atom is 0.0766 e. The summed E-state index contributed by atoms with van der Waals surface area (Å²) in [4.78, 5) is 3.18. The van der Waals surface area contributed by atoms with Crippen molar-refractivity contribution in [2.45, 2.75) is 117 Å². The van der Waals surface area contributed by atoms with E-state index in [0.717, 1.165) is 0 Å². The van der Waals surface area contributed by atoms with Gasteiger partial charge in [0, 0.05) is 10.4 Å². The van der Waals surface area contributed by atoms with E-state index >= 15 is 0 Å². The highest BCUT2D eigenvalue weighted by atomic mass is 32.3. The van der Waals surface area contributed by atoms with Gasteiger partial charge in [-0.1, -0.05) is 90.9 Å². The Bertz CT molecular complexity index is 384. The Morgan fingerprint density at radius 2 is 0.677 bits per heavy atom. The van der Waals surface area contributed by atoms with Crippen LogP contribution in [-0.2, 0) is 10.4 Å². The van der Waals surface area contributed by atoms with Gasteiger partial charge in [0.25, 0.3) is 0 Å². The van der Waals surface area contributed by atoms with Gasteiger partial charge in [-0.3, -0.25) is 8.42 Å². The molecule has 0 aromatic rings. The molecular weight excluding hydrogens is 412 g/mol. The smallest absolute Gasteiger partial charge is 0.0766 e. The lowest BCUT2D eigenvalue weighted by atomic mass is 10.1. The Hall–Kier alpha value is -0.210. The molecule has 0 aliphatic heterocycles. The lowest BCUT2D eigenvalue weighted by Crippen LogP contribution is -3.05. The number of rotatable bonds is 18. The molecule has 0 aliphatic rings. The van der Waals surface area contributed by atoms with Crippen molar-refractivity contribution in [2.75, 3.05) is 41.3 Å². The first-order chi connectivity index (χ1) is 14.5. The topological polar surface area (TPSA) is 89.1 Å². The Morgan fingerprint density at radius 1 is 0.484 bits per heavy atom. The second-order valence-electron chi connectivity index (χ2n) is 9.27. The highest BCUT2D eigenvalue weighted by Gasteiger charge is 1.95. The summed E-state index contributed by atoms with van der Waals surface area (Å²) in [6, 6.07) is 0. The van der Waals surface area contributed by atoms with Gasteiger partial charge in [-0.05, 0) is 25.7 Å². The summed E-state index contributed by atoms with van der Waals surface area (Å²) in [5, 5.41) is 0. The number of hydrogen-bond donors (Lipinski definition) is 2. The predicted molar refractivity (Wildman–Crippen MR) is 131 cm³/mol. The van der Waals surface area contributed by atoms with Crippen molar-refractivity contribution < 1.29 is 27.3 Å². The van der Waals surface area contributed by atoms with E-state index in [-0.39, 0.29) is 0 Å². The molecule has 0 rings (SSSR count). The Morgan fingerprint density at radius 3 is 0.871 bits per heavy atom. The minimum absolute atomic E-state index is 1.34. The van der Waals surface area contributed by atoms with Crippen LogP contribution in [0, 0.1) is 0 Å². The molecule has 0 aliphatic carbocycles. The molecule has 0 bridgehead atoms. The van der Waals surface area contributed by atoms with E-state index in [1.165, 1.54) is 116 Å². The van der Waals surface area contributed by atoms with Gasteiger partial charge in [0.05, 0.1) is 41.3 Å². The van der Waals surface area contributed by atoms with Crippen molar-refractivity contribution in [1.82, 2.24) is 0 Å². The van der Waals surface area contributed by atoms with E-state index in [2.05, 4.69) is 42.0 Å². The molecule has 0 aromatic carbocycles. The van der Waals surface area contributed by atoms with Gasteiger partial charge in [-0.15, -0.1) is 0 Å². The Kier molecular flexibility index (Phi) is 31.8. The fourth-order valence-electron chi connectivity index (χ4n) is 3.22. The highest BCUT2D eigenvalue weighted by Crippen LogP contribution is 2.08. The van der Waals surface area contributed by atoms with Crippen molar-refractivity contribution in [3.05, 3.63) is 0 Å². The van der Waals surface area contributed by atoms with E-state index in [4.69, 9.17) is 17.5 Å². The molecule has 192 valence electrons. The van der Waals surface area contributed by atoms with Crippen LogP contribution in [0.5, 0.6) is 0 Å². The number of quaternary nitrogens is 2. The second-order valence-corrected chi connectivity index (χ2v) is 10.1. The zero-order chi connectivity index (χ0) is 24.4. The lowest BCUT2D eigenvalue weighted by Gasteiger charge is -2.06. The fraction of sp³-hybridized carbons (Fsp3) is 1.00. The molecule has 0 heterocycles. The second kappa shape index (κ2) is 27.8. The van der Waals surface area contributed by atoms with Crippen molar-refractivity contribution >= 4 is 10.4 Å². The summed E-state index contributed by atoms with van der Waals surface area (Å²) in [5.41, 5.74) is 0. The molecule has 0 fully saturated rings. The minimum Gasteiger partial charge on any atom is -0.759 e. The van der Waals surface area contributed by atoms with Crippen LogP contribution in [0.25, 0.3) is 0 Å². The van der Waals surface area contributed by atoms with E-state index in [1.807, 2.05) is 0 Å². The summed E-state index contributed by atoms with van der Waals surface area (Å²) in [5.74, 6) is 0. The average molecular weight is 469 g/mol. The molecular formula is C24H56N2O4S. The average Bonchev–Trinajstić information content (AvgIpc) is 2.65. The Balaban J connectivity index is -0.000000416. The van der Waals surface area contributed by atoms with Crippen LogP contribution < -0.4 is 9.80 Å². The van der Waals surface area contributed by atoms with Crippen LogP contribution in [0.2, 0.25) is 0 Å². The summed E-state index contributed by atoms with van der Waals surface area (Å²) < 4.78 is 34.1. The van der Waals surface area contributed by atoms with Gasteiger partial charge in [0.2, 0.25) is 0 Å². The van der Waals surface area contributed by atoms with Crippen LogP contribution in [0.15, 0.2) is 0 Å². The van der Waals surface area contributed by atoms with Gasteiger partial charge >= 0.3 is 0 Å². The third-order valence-corrected chi connectivity index (χ3v) is 5.06. The summed E-state index contributed by atoms with van der Waals surface area (Å²) in [6.07, 6.45) is 23.0. The normalized spacial score (nSPS) is 11.2. The van der Waals surface area contributed by atoms with Crippen molar-refractivity contribution in [1.29, 1.82) is 0 Å². The first kappa shape index (κ1) is 35.4. The molecule has 0 unspecified atom stereocenters. The van der Waals surface area contributed by atoms with E-state index < -0.39 is 10.4 Å². The SMILES string of the molecule is CCCCCCCCCC[NH+](C)C.CCCCCCCCCC[NH+](C)C.O=S(=O)([O-])[O-]. The highest BCUT2D eigenvalue weighted by molar-refractivity contribution is 7.79. The van der Waals surface area contributed by atoms with Crippen LogP contribution in [0.1, 0.15) is 117 Å². The van der Waals surface area contributed by atoms with E-state index in [9.17, 15) is 0 Å². The molecule has 0 radical (unpaired) electrons. The quantitative estimate of drug-likeness (QED) is 0.184. The molecule has 2 N–H and O–H groups in total. The largest absolute Gasteiger partial charge is 0.759 e. The molecule has 7 heteroatoms. The first-order valence-electron chi connectivity index (χ1n) is 12.8. The molecule has 0 atom stereocenters. The van der Waals surface area contributed by atoms with Crippen LogP contribution >= 0.6 is 0 Å². The molecule has 0 amide bonds. The van der Waals surface area contributed by atoms with Crippen molar-refractivity contribution in [2.24, 2.45) is 0 Å². The van der Waals surface area contributed by atoms with Gasteiger partial charge in [0.1, 0.15) is 0 Å². The monoisotopic (exact) mass is 468 g/mol. The van der Waals surface area contributed by atoms with Gasteiger partial charge in [-0.25, -0.2) is 0 Å². The van der Waals surface area contributed by atoms with Gasteiger partial charge in [-0.2, -0.15) is 0 Å². The molecule has 6 nitrogen and oxygen atoms in total. The van der Waals surface area contributed by atoms with Crippen molar-refractivity contribution in [3.8, 4) is 0 Å². The molecule has 0 saturated carbocycles. The summed E-state index contributed by atoms with van der Waals surface area (Å²) >= 11 is 0. The Labute approximate surface area is 195 Å². The number of unbranched alkanes of at least 4 members (excludes halogenated alkanes) is 14. The lowest BCUT2D eigenvalue weighted by molar-refractivity contribution is -0.858. The zero-order valence-corrected chi connectivity index (χ0v) is 22.6. The van der Waals surface area contributed by atoms with Crippen LogP contribution in [0.4, 0.5) is 0 Å². The summed E-state index contributed by atoms with van der Waals surface area (Å²) in [7, 11) is 3.78. The molecule has 0 saturated heterocycles. The predicted octanol–water partition coefficient (Wildman–Crippen LogP) is 3.21. The first-order valence-corrected chi connectivity index (χ1v) is 14.1. The molecule has 0 spiro atoms. The van der Waals surface area contributed by atoms with E-state index in [0.29, 0.717) is 0 Å². The maximum atomic E-state index is 8.52. The van der Waals surface area contributed by atoms with Crippen LogP contribution in [0.3, 0.4) is 0 Å². The van der Waals surface area contributed by atoms with Gasteiger partial charge in [0.15, 0.2) is 0 Å². The standard InChI is InChI=1S/2C12H27N.H2O4S/c2*1-4-5-6-7-8-9-10-11-12-13(2)3;1-5(2,3)4/h2*4-12H2,1-3H3;(H2,1,2,3,4). The third-order valence-electron chi connectivity index (χ3n) is 5.06. The van der Waals surface area contributed by atoms with Crippen LogP contribution in [-0.4, -0.2) is 58.8 Å². The molecule has 0 aromatic heterocycles.